The summed E-state index contributed by atoms with van der Waals surface area (Å²) >= 11 is 0. The molecule has 0 radical (unpaired) electrons. The molecule has 0 amide bonds. The van der Waals surface area contributed by atoms with Gasteiger partial charge in [-0.15, -0.1) is 0 Å². The zero-order chi connectivity index (χ0) is 18.6. The van der Waals surface area contributed by atoms with Crippen molar-refractivity contribution in [2.24, 2.45) is 0 Å². The SMILES string of the molecule is CCOc1ccc(/C=C2\C(=O)c3ccccc3OC2c2ccccc2)cc1. The summed E-state index contributed by atoms with van der Waals surface area (Å²) in [7, 11) is 0. The summed E-state index contributed by atoms with van der Waals surface area (Å²) < 4.78 is 11.7. The first kappa shape index (κ1) is 17.1. The summed E-state index contributed by atoms with van der Waals surface area (Å²) in [6, 6.07) is 25.0. The Morgan fingerprint density at radius 1 is 0.926 bits per heavy atom. The van der Waals surface area contributed by atoms with Gasteiger partial charge in [0.25, 0.3) is 0 Å². The smallest absolute Gasteiger partial charge is 0.196 e. The molecule has 134 valence electrons. The Morgan fingerprint density at radius 2 is 1.63 bits per heavy atom. The van der Waals surface area contributed by atoms with E-state index in [-0.39, 0.29) is 5.78 Å². The van der Waals surface area contributed by atoms with E-state index < -0.39 is 6.10 Å². The number of carbonyl (C=O) groups is 1. The normalized spacial score (nSPS) is 17.3. The summed E-state index contributed by atoms with van der Waals surface area (Å²) in [5.41, 5.74) is 3.12. The Morgan fingerprint density at radius 3 is 2.37 bits per heavy atom. The molecule has 27 heavy (non-hydrogen) atoms. The van der Waals surface area contributed by atoms with Crippen molar-refractivity contribution in [3.63, 3.8) is 0 Å². The Balaban J connectivity index is 1.78. The lowest BCUT2D eigenvalue weighted by molar-refractivity contribution is 0.0963. The highest BCUT2D eigenvalue weighted by molar-refractivity contribution is 6.14. The van der Waals surface area contributed by atoms with Gasteiger partial charge in [0.15, 0.2) is 11.9 Å². The highest BCUT2D eigenvalue weighted by Crippen LogP contribution is 2.39. The average molecular weight is 356 g/mol. The van der Waals surface area contributed by atoms with E-state index >= 15 is 0 Å². The first-order valence-corrected chi connectivity index (χ1v) is 9.06. The largest absolute Gasteiger partial charge is 0.494 e. The minimum absolute atomic E-state index is 0.000382. The molecule has 0 aromatic heterocycles. The van der Waals surface area contributed by atoms with Crippen LogP contribution in [0.3, 0.4) is 0 Å². The van der Waals surface area contributed by atoms with Crippen LogP contribution in [0.5, 0.6) is 11.5 Å². The highest BCUT2D eigenvalue weighted by Gasteiger charge is 2.32. The Kier molecular flexibility index (Phi) is 4.75. The number of hydrogen-bond donors (Lipinski definition) is 0. The molecule has 1 unspecified atom stereocenters. The fourth-order valence-corrected chi connectivity index (χ4v) is 3.25. The number of rotatable bonds is 4. The summed E-state index contributed by atoms with van der Waals surface area (Å²) in [5, 5.41) is 0. The first-order chi connectivity index (χ1) is 13.3. The van der Waals surface area contributed by atoms with Gasteiger partial charge in [0.05, 0.1) is 12.2 Å². The molecule has 3 aromatic carbocycles. The van der Waals surface area contributed by atoms with E-state index in [0.717, 1.165) is 16.9 Å². The molecule has 1 aliphatic rings. The maximum absolute atomic E-state index is 13.2. The molecule has 3 nitrogen and oxygen atoms in total. The van der Waals surface area contributed by atoms with Crippen LogP contribution in [0.15, 0.2) is 84.4 Å². The van der Waals surface area contributed by atoms with Crippen LogP contribution in [-0.4, -0.2) is 12.4 Å². The van der Waals surface area contributed by atoms with Crippen LogP contribution in [0.1, 0.15) is 34.5 Å². The molecule has 0 aliphatic carbocycles. The predicted octanol–water partition coefficient (Wildman–Crippen LogP) is 5.49. The predicted molar refractivity (Wildman–Crippen MR) is 106 cm³/mol. The fraction of sp³-hybridized carbons (Fsp3) is 0.125. The monoisotopic (exact) mass is 356 g/mol. The minimum atomic E-state index is -0.430. The van der Waals surface area contributed by atoms with Crippen LogP contribution in [0.25, 0.3) is 6.08 Å². The molecule has 3 aromatic rings. The van der Waals surface area contributed by atoms with Crippen molar-refractivity contribution >= 4 is 11.9 Å². The summed E-state index contributed by atoms with van der Waals surface area (Å²) in [6.45, 7) is 2.58. The van der Waals surface area contributed by atoms with Crippen LogP contribution < -0.4 is 9.47 Å². The summed E-state index contributed by atoms with van der Waals surface area (Å²) in [6.07, 6.45) is 1.48. The number of fused-ring (bicyclic) bond motifs is 1. The van der Waals surface area contributed by atoms with E-state index in [0.29, 0.717) is 23.5 Å². The van der Waals surface area contributed by atoms with Gasteiger partial charge in [0.2, 0.25) is 0 Å². The van der Waals surface area contributed by atoms with Gasteiger partial charge in [0.1, 0.15) is 11.5 Å². The van der Waals surface area contributed by atoms with E-state index in [1.54, 1.807) is 0 Å². The number of para-hydroxylation sites is 1. The van der Waals surface area contributed by atoms with Gasteiger partial charge < -0.3 is 9.47 Å². The second-order valence-corrected chi connectivity index (χ2v) is 6.34. The van der Waals surface area contributed by atoms with Crippen molar-refractivity contribution in [2.45, 2.75) is 13.0 Å². The van der Waals surface area contributed by atoms with Gasteiger partial charge in [-0.3, -0.25) is 4.79 Å². The van der Waals surface area contributed by atoms with Crippen LogP contribution in [0.4, 0.5) is 0 Å². The Hall–Kier alpha value is -3.33. The molecule has 0 bridgehead atoms. The second-order valence-electron chi connectivity index (χ2n) is 6.34. The topological polar surface area (TPSA) is 35.5 Å². The van der Waals surface area contributed by atoms with Crippen molar-refractivity contribution < 1.29 is 14.3 Å². The van der Waals surface area contributed by atoms with E-state index in [2.05, 4.69) is 0 Å². The van der Waals surface area contributed by atoms with E-state index in [1.807, 2.05) is 91.9 Å². The maximum atomic E-state index is 13.2. The molecular weight excluding hydrogens is 336 g/mol. The molecule has 0 N–H and O–H groups in total. The zero-order valence-corrected chi connectivity index (χ0v) is 15.1. The van der Waals surface area contributed by atoms with Gasteiger partial charge in [0, 0.05) is 5.57 Å². The number of ketones is 1. The van der Waals surface area contributed by atoms with Crippen LogP contribution in [0.2, 0.25) is 0 Å². The molecule has 0 saturated carbocycles. The molecule has 1 atom stereocenters. The van der Waals surface area contributed by atoms with Crippen molar-refractivity contribution in [1.29, 1.82) is 0 Å². The van der Waals surface area contributed by atoms with Gasteiger partial charge >= 0.3 is 0 Å². The number of Topliss-reactive ketones (excluding diaryl/α,β-unsaturated/α-hetero) is 1. The van der Waals surface area contributed by atoms with Crippen molar-refractivity contribution in [1.82, 2.24) is 0 Å². The van der Waals surface area contributed by atoms with Gasteiger partial charge in [-0.25, -0.2) is 0 Å². The molecule has 4 rings (SSSR count). The van der Waals surface area contributed by atoms with Crippen molar-refractivity contribution in [3.8, 4) is 11.5 Å². The Labute approximate surface area is 158 Å². The average Bonchev–Trinajstić information content (AvgIpc) is 2.72. The number of hydrogen-bond acceptors (Lipinski definition) is 3. The van der Waals surface area contributed by atoms with Crippen LogP contribution in [0, 0.1) is 0 Å². The lowest BCUT2D eigenvalue weighted by atomic mass is 9.89. The molecule has 1 heterocycles. The fourth-order valence-electron chi connectivity index (χ4n) is 3.25. The van der Waals surface area contributed by atoms with Gasteiger partial charge in [-0.2, -0.15) is 0 Å². The third-order valence-electron chi connectivity index (χ3n) is 4.54. The number of benzene rings is 3. The summed E-state index contributed by atoms with van der Waals surface area (Å²) in [4.78, 5) is 13.2. The third-order valence-corrected chi connectivity index (χ3v) is 4.54. The lowest BCUT2D eigenvalue weighted by Crippen LogP contribution is -2.23. The number of ether oxygens (including phenoxy) is 2. The van der Waals surface area contributed by atoms with Gasteiger partial charge in [-0.1, -0.05) is 54.6 Å². The summed E-state index contributed by atoms with van der Waals surface area (Å²) in [5.74, 6) is 1.44. The molecule has 0 saturated heterocycles. The Bertz CT molecular complexity index is 972. The van der Waals surface area contributed by atoms with E-state index in [9.17, 15) is 4.79 Å². The van der Waals surface area contributed by atoms with Crippen molar-refractivity contribution in [2.75, 3.05) is 6.61 Å². The standard InChI is InChI=1S/C24H20O3/c1-2-26-19-14-12-17(13-15-19)16-21-23(25)20-10-6-7-11-22(20)27-24(21)18-8-4-3-5-9-18/h3-16,24H,2H2,1H3/b21-16+. The number of carbonyl (C=O) groups excluding carboxylic acids is 1. The third kappa shape index (κ3) is 3.49. The molecule has 1 aliphatic heterocycles. The molecule has 0 spiro atoms. The van der Waals surface area contributed by atoms with Crippen LogP contribution in [-0.2, 0) is 0 Å². The first-order valence-electron chi connectivity index (χ1n) is 9.06. The quantitative estimate of drug-likeness (QED) is 0.580. The molecule has 0 fully saturated rings. The minimum Gasteiger partial charge on any atom is -0.494 e. The second kappa shape index (κ2) is 7.50. The maximum Gasteiger partial charge on any atom is 0.196 e. The van der Waals surface area contributed by atoms with Crippen LogP contribution >= 0.6 is 0 Å². The van der Waals surface area contributed by atoms with E-state index in [1.165, 1.54) is 0 Å². The molecule has 3 heteroatoms. The zero-order valence-electron chi connectivity index (χ0n) is 15.1. The lowest BCUT2D eigenvalue weighted by Gasteiger charge is -2.28. The van der Waals surface area contributed by atoms with Gasteiger partial charge in [-0.05, 0) is 48.4 Å². The highest BCUT2D eigenvalue weighted by atomic mass is 16.5. The van der Waals surface area contributed by atoms with E-state index in [4.69, 9.17) is 9.47 Å². The van der Waals surface area contributed by atoms with Crippen molar-refractivity contribution in [3.05, 3.63) is 101 Å². The molecular formula is C24H20O3.